The van der Waals surface area contributed by atoms with Gasteiger partial charge in [-0.15, -0.1) is 0 Å². The van der Waals surface area contributed by atoms with Crippen LogP contribution < -0.4 is 4.90 Å². The third-order valence-corrected chi connectivity index (χ3v) is 7.03. The fourth-order valence-corrected chi connectivity index (χ4v) is 4.95. The van der Waals surface area contributed by atoms with E-state index in [2.05, 4.69) is 23.8 Å². The Morgan fingerprint density at radius 1 is 1.00 bits per heavy atom. The minimum absolute atomic E-state index is 0.173. The SMILES string of the molecule is CC(C)CCc1nc(N2CCCN(C(=O)Cc3ccccc3)CC2)c2cnn(-c3cccc(Cl)c3)c2n1. The van der Waals surface area contributed by atoms with Gasteiger partial charge in [0.2, 0.25) is 5.91 Å². The van der Waals surface area contributed by atoms with E-state index in [-0.39, 0.29) is 5.91 Å². The molecule has 2 aromatic heterocycles. The number of carbonyl (C=O) groups is 1. The first-order valence-corrected chi connectivity index (χ1v) is 13.4. The van der Waals surface area contributed by atoms with E-state index in [1.165, 1.54) is 0 Å². The first-order chi connectivity index (χ1) is 18.0. The van der Waals surface area contributed by atoms with E-state index in [4.69, 9.17) is 21.6 Å². The van der Waals surface area contributed by atoms with Crippen LogP contribution in [-0.2, 0) is 17.6 Å². The van der Waals surface area contributed by atoms with Crippen molar-refractivity contribution in [2.45, 2.75) is 39.5 Å². The molecule has 192 valence electrons. The molecule has 37 heavy (non-hydrogen) atoms. The molecule has 2 aromatic carbocycles. The highest BCUT2D eigenvalue weighted by atomic mass is 35.5. The van der Waals surface area contributed by atoms with E-state index in [0.29, 0.717) is 23.9 Å². The van der Waals surface area contributed by atoms with Crippen LogP contribution >= 0.6 is 11.6 Å². The molecule has 1 aliphatic heterocycles. The smallest absolute Gasteiger partial charge is 0.227 e. The van der Waals surface area contributed by atoms with E-state index in [1.807, 2.05) is 70.4 Å². The Balaban J connectivity index is 1.43. The molecule has 0 atom stereocenters. The molecule has 0 aliphatic carbocycles. The Labute approximate surface area is 223 Å². The largest absolute Gasteiger partial charge is 0.354 e. The summed E-state index contributed by atoms with van der Waals surface area (Å²) in [6.07, 6.45) is 4.98. The number of nitrogens with zero attached hydrogens (tertiary/aromatic N) is 6. The predicted octanol–water partition coefficient (Wildman–Crippen LogP) is 5.34. The molecule has 3 heterocycles. The van der Waals surface area contributed by atoms with Crippen molar-refractivity contribution >= 4 is 34.4 Å². The lowest BCUT2D eigenvalue weighted by molar-refractivity contribution is -0.130. The highest BCUT2D eigenvalue weighted by Crippen LogP contribution is 2.28. The molecule has 4 aromatic rings. The number of anilines is 1. The molecule has 1 saturated heterocycles. The van der Waals surface area contributed by atoms with Crippen molar-refractivity contribution in [2.75, 3.05) is 31.1 Å². The summed E-state index contributed by atoms with van der Waals surface area (Å²) in [5.74, 6) is 2.45. The lowest BCUT2D eigenvalue weighted by Crippen LogP contribution is -2.36. The van der Waals surface area contributed by atoms with Crippen LogP contribution in [0.2, 0.25) is 5.02 Å². The molecule has 5 rings (SSSR count). The number of aryl methyl sites for hydroxylation is 1. The summed E-state index contributed by atoms with van der Waals surface area (Å²) in [6.45, 7) is 7.39. The van der Waals surface area contributed by atoms with Gasteiger partial charge in [0.1, 0.15) is 11.6 Å². The quantitative estimate of drug-likeness (QED) is 0.332. The zero-order valence-electron chi connectivity index (χ0n) is 21.5. The Bertz CT molecular complexity index is 1370. The van der Waals surface area contributed by atoms with Crippen molar-refractivity contribution in [1.82, 2.24) is 24.6 Å². The number of benzene rings is 2. The van der Waals surface area contributed by atoms with E-state index in [1.54, 1.807) is 0 Å². The van der Waals surface area contributed by atoms with Gasteiger partial charge < -0.3 is 9.80 Å². The highest BCUT2D eigenvalue weighted by molar-refractivity contribution is 6.30. The van der Waals surface area contributed by atoms with Gasteiger partial charge >= 0.3 is 0 Å². The van der Waals surface area contributed by atoms with Crippen LogP contribution in [0.15, 0.2) is 60.8 Å². The maximum atomic E-state index is 13.0. The molecular formula is C29H33ClN6O. The van der Waals surface area contributed by atoms with Crippen LogP contribution in [-0.4, -0.2) is 56.7 Å². The zero-order valence-corrected chi connectivity index (χ0v) is 22.2. The summed E-state index contributed by atoms with van der Waals surface area (Å²) in [5, 5.41) is 6.25. The topological polar surface area (TPSA) is 67.2 Å². The second kappa shape index (κ2) is 11.3. The van der Waals surface area contributed by atoms with E-state index >= 15 is 0 Å². The van der Waals surface area contributed by atoms with Crippen LogP contribution in [0.1, 0.15) is 38.1 Å². The van der Waals surface area contributed by atoms with Crippen LogP contribution in [0.25, 0.3) is 16.7 Å². The molecule has 0 unspecified atom stereocenters. The lowest BCUT2D eigenvalue weighted by Gasteiger charge is -2.24. The van der Waals surface area contributed by atoms with Gasteiger partial charge in [-0.25, -0.2) is 14.6 Å². The number of hydrogen-bond acceptors (Lipinski definition) is 5. The average molecular weight is 517 g/mol. The van der Waals surface area contributed by atoms with Crippen LogP contribution in [0, 0.1) is 5.92 Å². The number of hydrogen-bond donors (Lipinski definition) is 0. The van der Waals surface area contributed by atoms with E-state index < -0.39 is 0 Å². The van der Waals surface area contributed by atoms with Crippen molar-refractivity contribution in [2.24, 2.45) is 5.92 Å². The first-order valence-electron chi connectivity index (χ1n) is 13.0. The minimum Gasteiger partial charge on any atom is -0.354 e. The number of amides is 1. The van der Waals surface area contributed by atoms with Crippen LogP contribution in [0.4, 0.5) is 5.82 Å². The number of carbonyl (C=O) groups excluding carboxylic acids is 1. The van der Waals surface area contributed by atoms with Crippen LogP contribution in [0.3, 0.4) is 0 Å². The number of fused-ring (bicyclic) bond motifs is 1. The van der Waals surface area contributed by atoms with Crippen molar-refractivity contribution in [3.63, 3.8) is 0 Å². The van der Waals surface area contributed by atoms with Gasteiger partial charge in [0.05, 0.1) is 23.7 Å². The molecule has 0 radical (unpaired) electrons. The van der Waals surface area contributed by atoms with Gasteiger partial charge in [-0.1, -0.05) is 61.8 Å². The number of halogens is 1. The summed E-state index contributed by atoms with van der Waals surface area (Å²) < 4.78 is 1.85. The molecule has 1 fully saturated rings. The Kier molecular flexibility index (Phi) is 7.70. The normalized spacial score (nSPS) is 14.4. The third-order valence-electron chi connectivity index (χ3n) is 6.80. The Morgan fingerprint density at radius 2 is 1.84 bits per heavy atom. The monoisotopic (exact) mass is 516 g/mol. The van der Waals surface area contributed by atoms with Crippen molar-refractivity contribution in [1.29, 1.82) is 0 Å². The number of aromatic nitrogens is 4. The summed E-state index contributed by atoms with van der Waals surface area (Å²) in [4.78, 5) is 27.3. The second-order valence-corrected chi connectivity index (χ2v) is 10.5. The van der Waals surface area contributed by atoms with Gasteiger partial charge in [0.25, 0.3) is 0 Å². The lowest BCUT2D eigenvalue weighted by atomic mass is 10.1. The maximum absolute atomic E-state index is 13.0. The first kappa shape index (κ1) is 25.2. The zero-order chi connectivity index (χ0) is 25.8. The van der Waals surface area contributed by atoms with E-state index in [9.17, 15) is 4.79 Å². The van der Waals surface area contributed by atoms with Crippen molar-refractivity contribution in [3.05, 3.63) is 77.2 Å². The fourth-order valence-electron chi connectivity index (χ4n) is 4.77. The highest BCUT2D eigenvalue weighted by Gasteiger charge is 2.24. The van der Waals surface area contributed by atoms with Gasteiger partial charge in [0.15, 0.2) is 5.65 Å². The fraction of sp³-hybridized carbons (Fsp3) is 0.379. The standard InChI is InChI=1S/C29H33ClN6O/c1-21(2)12-13-26-32-28(25-20-31-36(29(25)33-26)24-11-6-10-23(30)19-24)35-15-7-14-34(16-17-35)27(37)18-22-8-4-3-5-9-22/h3-6,8-11,19-21H,7,12-18H2,1-2H3. The van der Waals surface area contributed by atoms with Gasteiger partial charge in [-0.3, -0.25) is 4.79 Å². The summed E-state index contributed by atoms with van der Waals surface area (Å²) >= 11 is 6.28. The second-order valence-electron chi connectivity index (χ2n) is 10.1. The Hall–Kier alpha value is -3.45. The average Bonchev–Trinajstić information content (AvgIpc) is 3.16. The molecule has 0 N–H and O–H groups in total. The third kappa shape index (κ3) is 5.93. The van der Waals surface area contributed by atoms with Crippen molar-refractivity contribution < 1.29 is 4.79 Å². The molecule has 7 nitrogen and oxygen atoms in total. The van der Waals surface area contributed by atoms with Gasteiger partial charge in [0, 0.05) is 37.6 Å². The summed E-state index contributed by atoms with van der Waals surface area (Å²) in [7, 11) is 0. The molecule has 1 amide bonds. The van der Waals surface area contributed by atoms with Crippen molar-refractivity contribution in [3.8, 4) is 5.69 Å². The summed E-state index contributed by atoms with van der Waals surface area (Å²) in [6, 6.07) is 17.6. The van der Waals surface area contributed by atoms with Crippen LogP contribution in [0.5, 0.6) is 0 Å². The molecule has 1 aliphatic rings. The summed E-state index contributed by atoms with van der Waals surface area (Å²) in [5.41, 5.74) is 2.71. The Morgan fingerprint density at radius 3 is 2.62 bits per heavy atom. The molecule has 0 saturated carbocycles. The molecule has 0 bridgehead atoms. The van der Waals surface area contributed by atoms with Gasteiger partial charge in [-0.2, -0.15) is 5.10 Å². The molecule has 8 heteroatoms. The van der Waals surface area contributed by atoms with E-state index in [0.717, 1.165) is 72.8 Å². The molecular weight excluding hydrogens is 484 g/mol. The number of rotatable bonds is 7. The predicted molar refractivity (Wildman–Crippen MR) is 148 cm³/mol. The molecule has 0 spiro atoms. The maximum Gasteiger partial charge on any atom is 0.227 e. The minimum atomic E-state index is 0.173. The van der Waals surface area contributed by atoms with Gasteiger partial charge in [-0.05, 0) is 42.5 Å².